The van der Waals surface area contributed by atoms with Crippen LogP contribution in [0.5, 0.6) is 0 Å². The molecule has 1 N–H and O–H groups in total. The van der Waals surface area contributed by atoms with Crippen molar-refractivity contribution in [2.24, 2.45) is 0 Å². The second-order valence-electron chi connectivity index (χ2n) is 5.34. The minimum atomic E-state index is -0.231. The number of quaternary nitrogens is 1. The molecule has 23 heavy (non-hydrogen) atoms. The van der Waals surface area contributed by atoms with Crippen molar-refractivity contribution < 1.29 is 26.9 Å². The zero-order chi connectivity index (χ0) is 15.7. The highest BCUT2D eigenvalue weighted by molar-refractivity contribution is 6.03. The summed E-state index contributed by atoms with van der Waals surface area (Å²) in [6.07, 6.45) is 2.65. The van der Waals surface area contributed by atoms with Gasteiger partial charge in [-0.1, -0.05) is 42.5 Å². The number of imide groups is 1. The van der Waals surface area contributed by atoms with Crippen molar-refractivity contribution in [2.45, 2.75) is 6.92 Å². The monoisotopic (exact) mass is 325 g/mol. The number of nitrogens with one attached hydrogen (secondary N) is 1. The maximum absolute atomic E-state index is 11.9. The average Bonchev–Trinajstić information content (AvgIpc) is 2.86. The van der Waals surface area contributed by atoms with Crippen LogP contribution in [0.4, 0.5) is 5.69 Å². The number of hydrogen-bond acceptors (Lipinski definition) is 2. The normalized spacial score (nSPS) is 14.0. The van der Waals surface area contributed by atoms with Gasteiger partial charge in [0.2, 0.25) is 0 Å². The highest BCUT2D eigenvalue weighted by Gasteiger charge is 2.32. The van der Waals surface area contributed by atoms with E-state index < -0.39 is 0 Å². The van der Waals surface area contributed by atoms with Crippen LogP contribution >= 0.6 is 0 Å². The summed E-state index contributed by atoms with van der Waals surface area (Å²) in [4.78, 5) is 23.9. The van der Waals surface area contributed by atoms with Crippen LogP contribution in [-0.4, -0.2) is 11.8 Å². The number of halogens is 1. The van der Waals surface area contributed by atoms with Crippen molar-refractivity contribution in [3.63, 3.8) is 0 Å². The summed E-state index contributed by atoms with van der Waals surface area (Å²) >= 11 is 0. The van der Waals surface area contributed by atoms with E-state index in [0.717, 1.165) is 22.3 Å². The summed E-state index contributed by atoms with van der Waals surface area (Å²) in [7, 11) is 0. The van der Waals surface area contributed by atoms with Gasteiger partial charge in [0.1, 0.15) is 5.69 Å². The quantitative estimate of drug-likeness (QED) is 0.775. The Morgan fingerprint density at radius 3 is 2.13 bits per heavy atom. The van der Waals surface area contributed by atoms with Crippen molar-refractivity contribution in [1.29, 1.82) is 0 Å². The van der Waals surface area contributed by atoms with Gasteiger partial charge in [0.15, 0.2) is 0 Å². The molecule has 2 aromatic carbocycles. The van der Waals surface area contributed by atoms with Gasteiger partial charge in [0, 0.05) is 12.1 Å². The standard InChI is InChI=1S/C19H15NO2.ClH/c1-13(2)17-12-15(20-18(21)10-11-19(20)22)8-9-16(17)14-6-4-3-5-7-14;/h3-12H,1H2,2H3;1H. The molecule has 0 aliphatic carbocycles. The Balaban J connectivity index is 0.00000192. The molecule has 4 heteroatoms. The molecule has 2 amide bonds. The molecule has 0 spiro atoms. The van der Waals surface area contributed by atoms with Crippen molar-refractivity contribution in [1.82, 2.24) is 0 Å². The van der Waals surface area contributed by atoms with E-state index in [-0.39, 0.29) is 29.1 Å². The Labute approximate surface area is 141 Å². The third kappa shape index (κ3) is 3.16. The molecule has 0 atom stereocenters. The molecule has 3 nitrogen and oxygen atoms in total. The van der Waals surface area contributed by atoms with Gasteiger partial charge in [-0.05, 0) is 29.7 Å². The van der Waals surface area contributed by atoms with Crippen molar-refractivity contribution in [2.75, 3.05) is 0 Å². The van der Waals surface area contributed by atoms with E-state index in [1.807, 2.05) is 55.5 Å². The smallest absolute Gasteiger partial charge is 0.350 e. The Kier molecular flexibility index (Phi) is 4.94. The third-order valence-corrected chi connectivity index (χ3v) is 3.73. The number of carbonyl (C=O) groups is 2. The molecule has 1 heterocycles. The molecule has 0 radical (unpaired) electrons. The van der Waals surface area contributed by atoms with Crippen LogP contribution in [0.3, 0.4) is 0 Å². The van der Waals surface area contributed by atoms with Gasteiger partial charge >= 0.3 is 11.8 Å². The Morgan fingerprint density at radius 2 is 1.57 bits per heavy atom. The summed E-state index contributed by atoms with van der Waals surface area (Å²) in [5.74, 6) is -0.463. The average molecular weight is 326 g/mol. The predicted molar refractivity (Wildman–Crippen MR) is 86.4 cm³/mol. The number of hydrogen-bond donors (Lipinski definition) is 1. The van der Waals surface area contributed by atoms with Gasteiger partial charge in [-0.2, -0.15) is 4.90 Å². The zero-order valence-electron chi connectivity index (χ0n) is 12.7. The van der Waals surface area contributed by atoms with E-state index in [2.05, 4.69) is 6.58 Å². The maximum Gasteiger partial charge on any atom is 0.350 e. The van der Waals surface area contributed by atoms with Crippen molar-refractivity contribution in [3.8, 4) is 11.1 Å². The first-order chi connectivity index (χ1) is 10.6. The van der Waals surface area contributed by atoms with Crippen molar-refractivity contribution >= 4 is 23.1 Å². The molecule has 0 fully saturated rings. The second kappa shape index (κ2) is 6.73. The second-order valence-corrected chi connectivity index (χ2v) is 5.34. The molecule has 2 aromatic rings. The molecule has 1 aliphatic heterocycles. The van der Waals surface area contributed by atoms with Gasteiger partial charge in [0.05, 0.1) is 12.2 Å². The fraction of sp³-hybridized carbons (Fsp3) is 0.0526. The van der Waals surface area contributed by atoms with Crippen LogP contribution in [-0.2, 0) is 9.59 Å². The number of amides is 2. The lowest BCUT2D eigenvalue weighted by Gasteiger charge is -2.13. The minimum Gasteiger partial charge on any atom is -1.00 e. The van der Waals surface area contributed by atoms with E-state index in [4.69, 9.17) is 0 Å². The minimum absolute atomic E-state index is 0. The number of carbonyl (C=O) groups excluding carboxylic acids is 2. The SMILES string of the molecule is C=C(C)c1cc([NH+]2C(=O)C=CC2=O)ccc1-c1ccccc1.[Cl-]. The topological polar surface area (TPSA) is 38.6 Å². The fourth-order valence-electron chi connectivity index (χ4n) is 2.65. The largest absolute Gasteiger partial charge is 1.00 e. The van der Waals surface area contributed by atoms with Crippen LogP contribution in [0.25, 0.3) is 16.7 Å². The summed E-state index contributed by atoms with van der Waals surface area (Å²) in [5.41, 5.74) is 4.62. The Bertz CT molecular complexity index is 791. The molecular formula is C19H16ClNO2. The summed E-state index contributed by atoms with van der Waals surface area (Å²) < 4.78 is 0. The highest BCUT2D eigenvalue weighted by Crippen LogP contribution is 2.29. The van der Waals surface area contributed by atoms with Crippen molar-refractivity contribution in [3.05, 3.63) is 72.8 Å². The first-order valence-corrected chi connectivity index (χ1v) is 7.07. The van der Waals surface area contributed by atoms with E-state index >= 15 is 0 Å². The lowest BCUT2D eigenvalue weighted by atomic mass is 9.95. The van der Waals surface area contributed by atoms with Gasteiger partial charge in [-0.25, -0.2) is 9.59 Å². The van der Waals surface area contributed by atoms with E-state index in [1.54, 1.807) is 0 Å². The Hall–Kier alpha value is -2.49. The lowest BCUT2D eigenvalue weighted by molar-refractivity contribution is -0.654. The molecular weight excluding hydrogens is 310 g/mol. The molecule has 0 saturated carbocycles. The summed E-state index contributed by atoms with van der Waals surface area (Å²) in [5, 5.41) is 0. The number of allylic oxidation sites excluding steroid dienone is 1. The molecule has 116 valence electrons. The van der Waals surface area contributed by atoms with Gasteiger partial charge in [0.25, 0.3) is 0 Å². The molecule has 0 bridgehead atoms. The molecule has 3 rings (SSSR count). The van der Waals surface area contributed by atoms with Gasteiger partial charge < -0.3 is 12.4 Å². The first-order valence-electron chi connectivity index (χ1n) is 7.07. The summed E-state index contributed by atoms with van der Waals surface area (Å²) in [6.45, 7) is 5.95. The molecule has 1 aliphatic rings. The van der Waals surface area contributed by atoms with Crippen LogP contribution in [0, 0.1) is 0 Å². The third-order valence-electron chi connectivity index (χ3n) is 3.73. The molecule has 0 unspecified atom stereocenters. The van der Waals surface area contributed by atoms with Gasteiger partial charge in [-0.3, -0.25) is 0 Å². The number of rotatable bonds is 3. The molecule has 0 saturated heterocycles. The highest BCUT2D eigenvalue weighted by atomic mass is 35.5. The van der Waals surface area contributed by atoms with Crippen LogP contribution in [0.2, 0.25) is 0 Å². The van der Waals surface area contributed by atoms with E-state index in [1.165, 1.54) is 12.2 Å². The fourth-order valence-corrected chi connectivity index (χ4v) is 2.65. The predicted octanol–water partition coefficient (Wildman–Crippen LogP) is -0.470. The van der Waals surface area contributed by atoms with Crippen LogP contribution in [0.15, 0.2) is 67.3 Å². The first kappa shape index (κ1) is 16.9. The van der Waals surface area contributed by atoms with Crippen LogP contribution in [0.1, 0.15) is 12.5 Å². The number of benzene rings is 2. The Morgan fingerprint density at radius 1 is 0.957 bits per heavy atom. The molecule has 0 aromatic heterocycles. The van der Waals surface area contributed by atoms with E-state index in [0.29, 0.717) is 5.69 Å². The van der Waals surface area contributed by atoms with E-state index in [9.17, 15) is 9.59 Å². The zero-order valence-corrected chi connectivity index (χ0v) is 13.4. The maximum atomic E-state index is 11.9. The van der Waals surface area contributed by atoms with Gasteiger partial charge in [-0.15, -0.1) is 0 Å². The van der Waals surface area contributed by atoms with Crippen LogP contribution < -0.4 is 17.3 Å². The lowest BCUT2D eigenvalue weighted by Crippen LogP contribution is -3.10. The summed E-state index contributed by atoms with van der Waals surface area (Å²) in [6, 6.07) is 15.6.